The molecule has 0 aliphatic carbocycles. The van der Waals surface area contributed by atoms with Gasteiger partial charge in [-0.3, -0.25) is 32.9 Å². The first-order valence-electron chi connectivity index (χ1n) is 19.4. The number of aromatic amines is 1. The number of nitrogens with zero attached hydrogens (tertiary/aromatic N) is 6. The molecular formula is C34H46N9O19P3. The molecule has 356 valence electrons. The van der Waals surface area contributed by atoms with E-state index in [4.69, 9.17) is 29.7 Å². The summed E-state index contributed by atoms with van der Waals surface area (Å²) in [6.07, 6.45) is 1.64. The Balaban J connectivity index is 1.01. The number of carbonyl (C=O) groups is 1. The van der Waals surface area contributed by atoms with E-state index in [9.17, 15) is 52.9 Å². The summed E-state index contributed by atoms with van der Waals surface area (Å²) in [7, 11) is -15.4. The second-order valence-electron chi connectivity index (χ2n) is 14.2. The summed E-state index contributed by atoms with van der Waals surface area (Å²) in [6, 6.07) is 0. The fourth-order valence-electron chi connectivity index (χ4n) is 6.37. The molecule has 3 aromatic heterocycles. The van der Waals surface area contributed by atoms with Crippen molar-refractivity contribution in [3.05, 3.63) is 66.7 Å². The standard InChI is InChI=1S/C34H46N9O19P3/c1-57-25-15-30(59-26(25)19-44)43-17-22(32(47)38-34(43)49)8-4-2-3-5-10-23-18-41(40-39-23)13-7-11-28(46)36-12-6-9-21-16-42(33(48)37-31(21)35)29-14-24(45)27(60-29)20-58-64(53,54)62-65(55,56)61-63(50,51)52/h16-18,24-27,29-30,44-45H,2-3,5,7,10-15,19-20H2,1H3,(H,36,46)(H,53,54)(H,55,56)(H2,35,37,48)(H,38,47,49)(H2,50,51,52)/t24?,25?,26-,27-,29-,30-/m1/s1. The Labute approximate surface area is 367 Å². The Morgan fingerprint density at radius 1 is 0.954 bits per heavy atom. The molecule has 5 rings (SSSR count). The Bertz CT molecular complexity index is 2610. The molecule has 5 heterocycles. The zero-order valence-electron chi connectivity index (χ0n) is 34.3. The van der Waals surface area contributed by atoms with Crippen LogP contribution in [0.1, 0.15) is 74.2 Å². The second-order valence-corrected chi connectivity index (χ2v) is 18.7. The molecule has 0 bridgehead atoms. The fourth-order valence-corrected chi connectivity index (χ4v) is 9.40. The minimum Gasteiger partial charge on any atom is -0.394 e. The molecule has 2 aliphatic heterocycles. The van der Waals surface area contributed by atoms with Gasteiger partial charge in [-0.15, -0.1) is 5.10 Å². The van der Waals surface area contributed by atoms with Gasteiger partial charge < -0.3 is 55.0 Å². The highest BCUT2D eigenvalue weighted by molar-refractivity contribution is 7.66. The van der Waals surface area contributed by atoms with E-state index < -0.39 is 83.9 Å². The second kappa shape index (κ2) is 22.7. The number of aryl methyl sites for hydroxylation is 2. The van der Waals surface area contributed by atoms with Crippen LogP contribution < -0.4 is 28.0 Å². The first-order chi connectivity index (χ1) is 30.7. The normalized spacial score (nSPS) is 22.6. The quantitative estimate of drug-likeness (QED) is 0.0345. The molecule has 1 amide bonds. The Kier molecular flexibility index (Phi) is 17.9. The maximum atomic E-state index is 12.6. The lowest BCUT2D eigenvalue weighted by atomic mass is 10.1. The number of hydrogen-bond donors (Lipinski definition) is 9. The number of phosphoric acid groups is 3. The average molecular weight is 978 g/mol. The van der Waals surface area contributed by atoms with Crippen LogP contribution in [0, 0.1) is 23.7 Å². The lowest BCUT2D eigenvalue weighted by Crippen LogP contribution is -2.33. The van der Waals surface area contributed by atoms with Crippen LogP contribution in [0.4, 0.5) is 5.82 Å². The lowest BCUT2D eigenvalue weighted by molar-refractivity contribution is -0.121. The van der Waals surface area contributed by atoms with E-state index in [-0.39, 0.29) is 48.8 Å². The molecule has 8 atom stereocenters. The monoisotopic (exact) mass is 977 g/mol. The highest BCUT2D eigenvalue weighted by atomic mass is 31.3. The number of unbranched alkanes of at least 4 members (excludes halogenated alkanes) is 2. The number of nitrogens with two attached hydrogens (primary N) is 1. The number of aliphatic hydroxyl groups excluding tert-OH is 2. The number of anilines is 1. The molecule has 2 fully saturated rings. The average Bonchev–Trinajstić information content (AvgIpc) is 3.95. The summed E-state index contributed by atoms with van der Waals surface area (Å²) >= 11 is 0. The van der Waals surface area contributed by atoms with Crippen molar-refractivity contribution in [3.63, 3.8) is 0 Å². The SMILES string of the molecule is COC1C[C@H](n2cc(C#CCCCCc3cn(CCCC(=O)NCC#Cc4cn([C@H]5CC(O)[C@@H](COP(=O)(O)OP(=O)(O)OP(=O)(O)O)O5)c(=O)nc4N)nn3)c(=O)[nH]c2=O)O[C@@H]1CO. The van der Waals surface area contributed by atoms with Crippen molar-refractivity contribution in [3.8, 4) is 23.7 Å². The summed E-state index contributed by atoms with van der Waals surface area (Å²) in [5.41, 5.74) is 4.57. The molecule has 0 saturated carbocycles. The van der Waals surface area contributed by atoms with E-state index in [1.165, 1.54) is 24.1 Å². The van der Waals surface area contributed by atoms with Gasteiger partial charge in [-0.05, 0) is 25.7 Å². The molecule has 3 aromatic rings. The zero-order valence-corrected chi connectivity index (χ0v) is 37.0. The fraction of sp³-hybridized carbons (Fsp3) is 0.559. The minimum absolute atomic E-state index is 0.0514. The first-order valence-corrected chi connectivity index (χ1v) is 24.0. The van der Waals surface area contributed by atoms with Crippen molar-refractivity contribution in [2.75, 3.05) is 32.6 Å². The molecule has 0 aromatic carbocycles. The van der Waals surface area contributed by atoms with Crippen LogP contribution in [-0.2, 0) is 58.8 Å². The van der Waals surface area contributed by atoms with Crippen molar-refractivity contribution < 1.29 is 75.6 Å². The number of aliphatic hydroxyl groups is 2. The van der Waals surface area contributed by atoms with Gasteiger partial charge in [0.15, 0.2) is 0 Å². The predicted octanol–water partition coefficient (Wildman–Crippen LogP) is -1.73. The van der Waals surface area contributed by atoms with E-state index in [0.29, 0.717) is 38.6 Å². The van der Waals surface area contributed by atoms with E-state index >= 15 is 0 Å². The van der Waals surface area contributed by atoms with E-state index in [1.807, 2.05) is 0 Å². The lowest BCUT2D eigenvalue weighted by Gasteiger charge is -2.19. The van der Waals surface area contributed by atoms with Gasteiger partial charge in [-0.1, -0.05) is 28.9 Å². The number of nitrogens with one attached hydrogen (secondary N) is 2. The number of carbonyl (C=O) groups excluding carboxylic acids is 1. The number of methoxy groups -OCH3 is 1. The third-order valence-corrected chi connectivity index (χ3v) is 13.2. The Hall–Kier alpha value is -4.70. The Morgan fingerprint density at radius 3 is 2.37 bits per heavy atom. The van der Waals surface area contributed by atoms with Gasteiger partial charge in [0.2, 0.25) is 5.91 Å². The summed E-state index contributed by atoms with van der Waals surface area (Å²) in [4.78, 5) is 92.0. The molecule has 0 spiro atoms. The van der Waals surface area contributed by atoms with Crippen molar-refractivity contribution >= 4 is 35.2 Å². The zero-order chi connectivity index (χ0) is 47.5. The number of phosphoric ester groups is 1. The van der Waals surface area contributed by atoms with Crippen molar-refractivity contribution in [2.24, 2.45) is 0 Å². The number of aromatic nitrogens is 7. The van der Waals surface area contributed by atoms with Gasteiger partial charge >= 0.3 is 34.8 Å². The third kappa shape index (κ3) is 15.4. The maximum absolute atomic E-state index is 12.6. The first kappa shape index (κ1) is 51.3. The summed E-state index contributed by atoms with van der Waals surface area (Å²) < 4.78 is 66.5. The number of ether oxygens (including phenoxy) is 3. The van der Waals surface area contributed by atoms with Crippen LogP contribution in [0.25, 0.3) is 0 Å². The molecule has 4 unspecified atom stereocenters. The van der Waals surface area contributed by atoms with Gasteiger partial charge in [-0.25, -0.2) is 23.3 Å². The van der Waals surface area contributed by atoms with Crippen LogP contribution in [-0.4, -0.2) is 121 Å². The topological polar surface area (TPSA) is 404 Å². The van der Waals surface area contributed by atoms with Gasteiger partial charge in [-0.2, -0.15) is 13.6 Å². The van der Waals surface area contributed by atoms with Gasteiger partial charge in [0.1, 0.15) is 36.0 Å². The molecule has 31 heteroatoms. The molecule has 10 N–H and O–H groups in total. The van der Waals surface area contributed by atoms with E-state index in [0.717, 1.165) is 16.7 Å². The number of rotatable bonds is 20. The minimum atomic E-state index is -5.77. The third-order valence-electron chi connectivity index (χ3n) is 9.44. The molecule has 28 nitrogen and oxygen atoms in total. The van der Waals surface area contributed by atoms with Crippen LogP contribution in [0.5, 0.6) is 0 Å². The van der Waals surface area contributed by atoms with Gasteiger partial charge in [0.25, 0.3) is 5.56 Å². The summed E-state index contributed by atoms with van der Waals surface area (Å²) in [5.74, 6) is 10.6. The smallest absolute Gasteiger partial charge is 0.394 e. The predicted molar refractivity (Wildman–Crippen MR) is 219 cm³/mol. The molecule has 2 saturated heterocycles. The van der Waals surface area contributed by atoms with Crippen molar-refractivity contribution in [2.45, 2.75) is 94.8 Å². The number of nitrogen functional groups attached to an aromatic ring is 1. The molecule has 0 radical (unpaired) electrons. The highest BCUT2D eigenvalue weighted by Gasteiger charge is 2.43. The summed E-state index contributed by atoms with van der Waals surface area (Å²) in [6.45, 7) is -0.928. The molecule has 65 heavy (non-hydrogen) atoms. The largest absolute Gasteiger partial charge is 0.490 e. The van der Waals surface area contributed by atoms with Crippen LogP contribution in [0.2, 0.25) is 0 Å². The summed E-state index contributed by atoms with van der Waals surface area (Å²) in [5, 5.41) is 30.8. The maximum Gasteiger partial charge on any atom is 0.490 e. The van der Waals surface area contributed by atoms with Crippen molar-refractivity contribution in [1.29, 1.82) is 0 Å². The molecule has 2 aliphatic rings. The Morgan fingerprint density at radius 2 is 1.66 bits per heavy atom. The van der Waals surface area contributed by atoms with E-state index in [1.54, 1.807) is 10.9 Å². The number of amides is 1. The van der Waals surface area contributed by atoms with Crippen LogP contribution in [0.15, 0.2) is 33.0 Å². The van der Waals surface area contributed by atoms with Gasteiger partial charge in [0.05, 0.1) is 43.2 Å². The van der Waals surface area contributed by atoms with Crippen LogP contribution in [0.3, 0.4) is 0 Å². The molecular weight excluding hydrogens is 931 g/mol. The number of H-pyrrole nitrogens is 1. The number of hydrogen-bond acceptors (Lipinski definition) is 19. The van der Waals surface area contributed by atoms with Crippen molar-refractivity contribution in [1.82, 2.24) is 39.4 Å². The van der Waals surface area contributed by atoms with Crippen LogP contribution >= 0.6 is 23.5 Å². The van der Waals surface area contributed by atoms with E-state index in [2.05, 4.69) is 62.4 Å². The highest BCUT2D eigenvalue weighted by Crippen LogP contribution is 2.66. The van der Waals surface area contributed by atoms with Gasteiger partial charge in [0, 0.05) is 57.9 Å².